The minimum atomic E-state index is 0. The van der Waals surface area contributed by atoms with Gasteiger partial charge in [0.1, 0.15) is 0 Å². The molecule has 0 bridgehead atoms. The van der Waals surface area contributed by atoms with Crippen LogP contribution in [0, 0.1) is 6.92 Å². The van der Waals surface area contributed by atoms with E-state index >= 15 is 0 Å². The molecule has 1 aromatic rings. The van der Waals surface area contributed by atoms with Gasteiger partial charge in [-0.05, 0) is 59.7 Å². The van der Waals surface area contributed by atoms with Gasteiger partial charge in [0.25, 0.3) is 0 Å². The third-order valence-electron chi connectivity index (χ3n) is 4.36. The van der Waals surface area contributed by atoms with E-state index in [-0.39, 0.29) is 24.0 Å². The van der Waals surface area contributed by atoms with E-state index in [1.807, 2.05) is 11.3 Å². The van der Waals surface area contributed by atoms with Crippen LogP contribution in [0.4, 0.5) is 0 Å². The highest BCUT2D eigenvalue weighted by molar-refractivity contribution is 14.0. The highest BCUT2D eigenvalue weighted by Gasteiger charge is 2.28. The predicted molar refractivity (Wildman–Crippen MR) is 117 cm³/mol. The van der Waals surface area contributed by atoms with Gasteiger partial charge in [-0.15, -0.1) is 35.3 Å². The number of hydrogen-bond acceptors (Lipinski definition) is 3. The second kappa shape index (κ2) is 10.6. The van der Waals surface area contributed by atoms with E-state index in [2.05, 4.69) is 62.4 Å². The number of halogens is 1. The van der Waals surface area contributed by atoms with Crippen molar-refractivity contribution < 1.29 is 0 Å². The van der Waals surface area contributed by atoms with Crippen molar-refractivity contribution in [1.82, 2.24) is 15.5 Å². The van der Waals surface area contributed by atoms with Crippen molar-refractivity contribution >= 4 is 41.3 Å². The second-order valence-electron chi connectivity index (χ2n) is 6.73. The van der Waals surface area contributed by atoms with Crippen molar-refractivity contribution in [1.29, 1.82) is 0 Å². The van der Waals surface area contributed by atoms with E-state index < -0.39 is 0 Å². The van der Waals surface area contributed by atoms with Crippen LogP contribution in [0.5, 0.6) is 0 Å². The molecule has 1 aliphatic carbocycles. The van der Waals surface area contributed by atoms with Gasteiger partial charge in [-0.2, -0.15) is 0 Å². The maximum Gasteiger partial charge on any atom is 0.191 e. The first-order chi connectivity index (χ1) is 11.0. The standard InChI is InChI=1S/C18H32N4S.HI/c1-6-19-18(20-12-14(3)22(5)16-8-9-16)21-13(2)11-17-10-7-15(4)23-17;/h7,10,13-14,16H,6,8-9,11-12H2,1-5H3,(H2,19,20,21);1H. The van der Waals surface area contributed by atoms with Crippen LogP contribution in [0.2, 0.25) is 0 Å². The Bertz CT molecular complexity index is 513. The van der Waals surface area contributed by atoms with E-state index in [1.54, 1.807) is 0 Å². The average molecular weight is 464 g/mol. The van der Waals surface area contributed by atoms with Gasteiger partial charge in [0.2, 0.25) is 0 Å². The Hall–Kier alpha value is -0.340. The first-order valence-electron chi connectivity index (χ1n) is 8.81. The number of aryl methyl sites for hydroxylation is 1. The van der Waals surface area contributed by atoms with Gasteiger partial charge in [0.15, 0.2) is 5.96 Å². The van der Waals surface area contributed by atoms with Crippen LogP contribution < -0.4 is 10.6 Å². The molecule has 0 radical (unpaired) electrons. The largest absolute Gasteiger partial charge is 0.357 e. The molecular formula is C18H33IN4S. The Kier molecular flexibility index (Phi) is 9.59. The smallest absolute Gasteiger partial charge is 0.191 e. The van der Waals surface area contributed by atoms with Crippen LogP contribution in [-0.4, -0.2) is 49.1 Å². The Morgan fingerprint density at radius 2 is 2.08 bits per heavy atom. The quantitative estimate of drug-likeness (QED) is 0.351. The minimum Gasteiger partial charge on any atom is -0.357 e. The lowest BCUT2D eigenvalue weighted by molar-refractivity contribution is 0.253. The van der Waals surface area contributed by atoms with Crippen molar-refractivity contribution in [2.24, 2.45) is 4.99 Å². The fraction of sp³-hybridized carbons (Fsp3) is 0.722. The summed E-state index contributed by atoms with van der Waals surface area (Å²) in [6.07, 6.45) is 3.74. The summed E-state index contributed by atoms with van der Waals surface area (Å²) in [6, 6.07) is 6.09. The minimum absolute atomic E-state index is 0. The molecule has 1 fully saturated rings. The maximum atomic E-state index is 4.79. The van der Waals surface area contributed by atoms with E-state index in [4.69, 9.17) is 4.99 Å². The summed E-state index contributed by atoms with van der Waals surface area (Å²) in [5.41, 5.74) is 0. The van der Waals surface area contributed by atoms with Crippen molar-refractivity contribution in [3.63, 3.8) is 0 Å². The zero-order valence-electron chi connectivity index (χ0n) is 15.6. The molecule has 4 nitrogen and oxygen atoms in total. The average Bonchev–Trinajstić information content (AvgIpc) is 3.27. The van der Waals surface area contributed by atoms with Gasteiger partial charge in [0.05, 0.1) is 6.54 Å². The molecule has 2 unspecified atom stereocenters. The lowest BCUT2D eigenvalue weighted by Gasteiger charge is -2.24. The van der Waals surface area contributed by atoms with Crippen LogP contribution in [-0.2, 0) is 6.42 Å². The topological polar surface area (TPSA) is 39.7 Å². The van der Waals surface area contributed by atoms with Crippen LogP contribution in [0.3, 0.4) is 0 Å². The SMILES string of the molecule is CCNC(=NCC(C)N(C)C1CC1)NC(C)Cc1ccc(C)s1.I. The van der Waals surface area contributed by atoms with Crippen LogP contribution in [0.15, 0.2) is 17.1 Å². The molecule has 0 amide bonds. The zero-order chi connectivity index (χ0) is 16.8. The molecule has 2 N–H and O–H groups in total. The molecule has 1 heterocycles. The fourth-order valence-corrected chi connectivity index (χ4v) is 3.71. The zero-order valence-corrected chi connectivity index (χ0v) is 18.8. The Balaban J connectivity index is 0.00000288. The number of rotatable bonds is 8. The van der Waals surface area contributed by atoms with Crippen molar-refractivity contribution in [2.75, 3.05) is 20.1 Å². The number of guanidine groups is 1. The molecule has 0 spiro atoms. The maximum absolute atomic E-state index is 4.79. The first-order valence-corrected chi connectivity index (χ1v) is 9.63. The summed E-state index contributed by atoms with van der Waals surface area (Å²) < 4.78 is 0. The van der Waals surface area contributed by atoms with Crippen LogP contribution in [0.1, 0.15) is 43.4 Å². The van der Waals surface area contributed by atoms with Crippen LogP contribution in [0.25, 0.3) is 0 Å². The molecule has 0 saturated heterocycles. The van der Waals surface area contributed by atoms with E-state index in [0.717, 1.165) is 31.5 Å². The molecule has 6 heteroatoms. The summed E-state index contributed by atoms with van der Waals surface area (Å²) in [7, 11) is 2.22. The molecule has 0 aromatic carbocycles. The van der Waals surface area contributed by atoms with E-state index in [1.165, 1.54) is 22.6 Å². The Morgan fingerprint density at radius 1 is 1.38 bits per heavy atom. The second-order valence-corrected chi connectivity index (χ2v) is 8.10. The summed E-state index contributed by atoms with van der Waals surface area (Å²) in [5, 5.41) is 6.91. The molecule has 1 aliphatic rings. The molecule has 0 aliphatic heterocycles. The fourth-order valence-electron chi connectivity index (χ4n) is 2.69. The molecule has 138 valence electrons. The molecule has 1 aromatic heterocycles. The summed E-state index contributed by atoms with van der Waals surface area (Å²) in [4.78, 5) is 10.1. The lowest BCUT2D eigenvalue weighted by atomic mass is 10.2. The molecule has 1 saturated carbocycles. The van der Waals surface area contributed by atoms with Gasteiger partial charge in [-0.1, -0.05) is 0 Å². The summed E-state index contributed by atoms with van der Waals surface area (Å²) in [5.74, 6) is 0.935. The van der Waals surface area contributed by atoms with Crippen molar-refractivity contribution in [3.8, 4) is 0 Å². The first kappa shape index (κ1) is 21.7. The highest BCUT2D eigenvalue weighted by Crippen LogP contribution is 2.26. The number of thiophene rings is 1. The van der Waals surface area contributed by atoms with Crippen LogP contribution >= 0.6 is 35.3 Å². The van der Waals surface area contributed by atoms with Gasteiger partial charge >= 0.3 is 0 Å². The highest BCUT2D eigenvalue weighted by atomic mass is 127. The third-order valence-corrected chi connectivity index (χ3v) is 5.39. The number of nitrogens with zero attached hydrogens (tertiary/aromatic N) is 2. The number of hydrogen-bond donors (Lipinski definition) is 2. The Morgan fingerprint density at radius 3 is 2.62 bits per heavy atom. The lowest BCUT2D eigenvalue weighted by Crippen LogP contribution is -2.44. The Labute approximate surface area is 168 Å². The van der Waals surface area contributed by atoms with Gasteiger partial charge in [0, 0.05) is 40.8 Å². The van der Waals surface area contributed by atoms with E-state index in [9.17, 15) is 0 Å². The summed E-state index contributed by atoms with van der Waals surface area (Å²) >= 11 is 1.88. The van der Waals surface area contributed by atoms with Gasteiger partial charge in [-0.3, -0.25) is 9.89 Å². The number of likely N-dealkylation sites (N-methyl/N-ethyl adjacent to an activating group) is 1. The van der Waals surface area contributed by atoms with Crippen molar-refractivity contribution in [3.05, 3.63) is 21.9 Å². The molecule has 2 atom stereocenters. The molecule has 2 rings (SSSR count). The normalized spacial score (nSPS) is 17.3. The number of aliphatic imine (C=N–C) groups is 1. The third kappa shape index (κ3) is 7.27. The number of nitrogens with one attached hydrogen (secondary N) is 2. The summed E-state index contributed by atoms with van der Waals surface area (Å²) in [6.45, 7) is 10.5. The van der Waals surface area contributed by atoms with Crippen molar-refractivity contribution in [2.45, 2.75) is 65.1 Å². The molecular weight excluding hydrogens is 431 g/mol. The molecule has 24 heavy (non-hydrogen) atoms. The van der Waals surface area contributed by atoms with E-state index in [0.29, 0.717) is 12.1 Å². The van der Waals surface area contributed by atoms with Gasteiger partial charge < -0.3 is 10.6 Å². The predicted octanol–water partition coefficient (Wildman–Crippen LogP) is 3.64. The monoisotopic (exact) mass is 464 g/mol. The van der Waals surface area contributed by atoms with Gasteiger partial charge in [-0.25, -0.2) is 0 Å².